The first kappa shape index (κ1) is 23.4. The van der Waals surface area contributed by atoms with Gasteiger partial charge in [-0.25, -0.2) is 0 Å². The molecule has 0 saturated heterocycles. The number of phenolic OH excluding ortho intramolecular Hbond substituents is 2. The zero-order valence-electron chi connectivity index (χ0n) is 15.5. The molecule has 28 heavy (non-hydrogen) atoms. The predicted molar refractivity (Wildman–Crippen MR) is 108 cm³/mol. The third kappa shape index (κ3) is 6.84. The first-order valence-corrected chi connectivity index (χ1v) is 8.08. The van der Waals surface area contributed by atoms with Crippen molar-refractivity contribution in [3.8, 4) is 23.0 Å². The molecule has 0 heterocycles. The summed E-state index contributed by atoms with van der Waals surface area (Å²) in [5, 5.41) is 19.1. The van der Waals surface area contributed by atoms with E-state index in [0.29, 0.717) is 22.6 Å². The van der Waals surface area contributed by atoms with Crippen LogP contribution in [0.1, 0.15) is 17.5 Å². The van der Waals surface area contributed by atoms with E-state index in [0.717, 1.165) is 0 Å². The Kier molecular flexibility index (Phi) is 9.43. The number of aromatic hydroxyl groups is 2. The Morgan fingerprint density at radius 1 is 0.821 bits per heavy atom. The first-order chi connectivity index (χ1) is 12.9. The van der Waals surface area contributed by atoms with Crippen LogP contribution in [-0.4, -0.2) is 63.3 Å². The van der Waals surface area contributed by atoms with Gasteiger partial charge in [-0.15, -0.1) is 0 Å². The van der Waals surface area contributed by atoms with Gasteiger partial charge in [-0.1, -0.05) is 24.3 Å². The van der Waals surface area contributed by atoms with Crippen LogP contribution >= 0.6 is 0 Å². The fourth-order valence-electron chi connectivity index (χ4n) is 2.26. The van der Waals surface area contributed by atoms with Gasteiger partial charge in [0.15, 0.2) is 34.6 Å². The van der Waals surface area contributed by atoms with Crippen LogP contribution in [0.5, 0.6) is 23.0 Å². The van der Waals surface area contributed by atoms with Crippen molar-refractivity contribution in [2.75, 3.05) is 14.2 Å². The molecule has 0 aliphatic heterocycles. The van der Waals surface area contributed by atoms with Crippen LogP contribution in [0, 0.1) is 0 Å². The van der Waals surface area contributed by atoms with Gasteiger partial charge >= 0.3 is 0 Å². The molecule has 2 aromatic rings. The molecule has 0 spiro atoms. The van der Waals surface area contributed by atoms with Crippen molar-refractivity contribution in [2.45, 2.75) is 6.42 Å². The quantitative estimate of drug-likeness (QED) is 0.286. The molecular weight excluding hydrogens is 555 g/mol. The molecule has 0 unspecified atom stereocenters. The molecule has 6 nitrogen and oxygen atoms in total. The Balaban J connectivity index is 0.00000392. The Hall–Kier alpha value is -2.62. The number of allylic oxidation sites excluding steroid dienone is 2. The van der Waals surface area contributed by atoms with Crippen molar-refractivity contribution >= 4 is 51.0 Å². The fourth-order valence-corrected chi connectivity index (χ4v) is 2.26. The van der Waals surface area contributed by atoms with E-state index >= 15 is 0 Å². The number of carbonyl (C=O) groups is 2. The molecule has 7 heteroatoms. The van der Waals surface area contributed by atoms with Gasteiger partial charge in [0.1, 0.15) is 0 Å². The maximum absolute atomic E-state index is 11.9. The molecule has 2 N–H and O–H groups in total. The number of methoxy groups -OCH3 is 2. The molecule has 144 valence electrons. The Morgan fingerprint density at radius 3 is 1.57 bits per heavy atom. The Morgan fingerprint density at radius 2 is 1.21 bits per heavy atom. The minimum atomic E-state index is -0.347. The third-order valence-corrected chi connectivity index (χ3v) is 3.68. The van der Waals surface area contributed by atoms with Gasteiger partial charge in [-0.05, 0) is 47.5 Å². The normalized spacial score (nSPS) is 10.6. The number of hydrogen-bond donors (Lipinski definition) is 2. The van der Waals surface area contributed by atoms with Crippen LogP contribution in [-0.2, 0) is 9.59 Å². The SMILES string of the molecule is COc1cc(/C=C/C(=O)CC(=O)/C=C/c2ccc(O)c(OC)c2)ccc1O.[Pb]. The average molecular weight is 576 g/mol. The molecule has 0 aliphatic rings. The van der Waals surface area contributed by atoms with Crippen LogP contribution in [0.4, 0.5) is 0 Å². The second-order valence-corrected chi connectivity index (χ2v) is 5.64. The summed E-state index contributed by atoms with van der Waals surface area (Å²) in [6.07, 6.45) is 5.44. The van der Waals surface area contributed by atoms with Gasteiger partial charge in [0.05, 0.1) is 20.6 Å². The monoisotopic (exact) mass is 576 g/mol. The summed E-state index contributed by atoms with van der Waals surface area (Å²) >= 11 is 0. The average Bonchev–Trinajstić information content (AvgIpc) is 2.66. The zero-order chi connectivity index (χ0) is 19.8. The van der Waals surface area contributed by atoms with Crippen LogP contribution < -0.4 is 9.47 Å². The maximum atomic E-state index is 11.9. The van der Waals surface area contributed by atoms with E-state index in [1.165, 1.54) is 38.5 Å². The topological polar surface area (TPSA) is 93.1 Å². The molecule has 0 aromatic heterocycles. The molecule has 2 rings (SSSR count). The minimum absolute atomic E-state index is 0. The summed E-state index contributed by atoms with van der Waals surface area (Å²) in [5.74, 6) is -0.0832. The summed E-state index contributed by atoms with van der Waals surface area (Å²) in [4.78, 5) is 23.9. The third-order valence-electron chi connectivity index (χ3n) is 3.68. The molecule has 0 aliphatic carbocycles. The zero-order valence-corrected chi connectivity index (χ0v) is 19.4. The standard InChI is InChI=1S/C21H20O6.Pb/c1-26-20-11-14(5-9-18(20)24)3-7-16(22)13-17(23)8-4-15-6-10-19(25)21(12-15)27-2;/h3-12,24-25H,13H2,1-2H3;/b7-3+,8-4+;. The fraction of sp³-hybridized carbons (Fsp3) is 0.143. The summed E-state index contributed by atoms with van der Waals surface area (Å²) in [5.41, 5.74) is 1.33. The van der Waals surface area contributed by atoms with Gasteiger partial charge in [0.2, 0.25) is 0 Å². The van der Waals surface area contributed by atoms with E-state index < -0.39 is 0 Å². The van der Waals surface area contributed by atoms with Crippen LogP contribution in [0.2, 0.25) is 0 Å². The van der Waals surface area contributed by atoms with Gasteiger partial charge in [-0.3, -0.25) is 9.59 Å². The van der Waals surface area contributed by atoms with Gasteiger partial charge in [-0.2, -0.15) is 0 Å². The number of carbonyl (C=O) groups excluding carboxylic acids is 2. The number of phenols is 2. The molecular formula is C21H20O6Pb. The van der Waals surface area contributed by atoms with Crippen molar-refractivity contribution in [1.29, 1.82) is 0 Å². The van der Waals surface area contributed by atoms with Crippen LogP contribution in [0.25, 0.3) is 12.2 Å². The maximum Gasteiger partial charge on any atom is 0.163 e. The molecule has 4 radical (unpaired) electrons. The second-order valence-electron chi connectivity index (χ2n) is 5.64. The minimum Gasteiger partial charge on any atom is -0.504 e. The number of hydrogen-bond acceptors (Lipinski definition) is 6. The largest absolute Gasteiger partial charge is 0.504 e. The number of ketones is 2. The Labute approximate surface area is 183 Å². The Bertz CT molecular complexity index is 828. The smallest absolute Gasteiger partial charge is 0.163 e. The van der Waals surface area contributed by atoms with Crippen molar-refractivity contribution in [1.82, 2.24) is 0 Å². The number of ether oxygens (including phenoxy) is 2. The van der Waals surface area contributed by atoms with Crippen molar-refractivity contribution in [3.05, 3.63) is 59.7 Å². The summed E-state index contributed by atoms with van der Waals surface area (Å²) in [7, 11) is 2.87. The summed E-state index contributed by atoms with van der Waals surface area (Å²) in [6.45, 7) is 0. The first-order valence-electron chi connectivity index (χ1n) is 8.08. The molecule has 0 fully saturated rings. The van der Waals surface area contributed by atoms with E-state index in [9.17, 15) is 19.8 Å². The van der Waals surface area contributed by atoms with E-state index in [4.69, 9.17) is 9.47 Å². The summed E-state index contributed by atoms with van der Waals surface area (Å²) < 4.78 is 10.00. The number of rotatable bonds is 8. The number of benzene rings is 2. The van der Waals surface area contributed by atoms with Crippen molar-refractivity contribution in [3.63, 3.8) is 0 Å². The van der Waals surface area contributed by atoms with E-state index in [1.54, 1.807) is 36.4 Å². The summed E-state index contributed by atoms with van der Waals surface area (Å²) in [6, 6.07) is 9.34. The molecule has 0 bridgehead atoms. The van der Waals surface area contributed by atoms with Gasteiger partial charge < -0.3 is 19.7 Å². The van der Waals surface area contributed by atoms with Crippen molar-refractivity contribution in [2.24, 2.45) is 0 Å². The van der Waals surface area contributed by atoms with Gasteiger partial charge in [0, 0.05) is 27.3 Å². The molecule has 0 amide bonds. The molecule has 2 aromatic carbocycles. The van der Waals surface area contributed by atoms with E-state index in [1.807, 2.05) is 0 Å². The second kappa shape index (κ2) is 11.3. The van der Waals surface area contributed by atoms with Crippen molar-refractivity contribution < 1.29 is 29.3 Å². The molecule has 0 atom stereocenters. The van der Waals surface area contributed by atoms with E-state index in [2.05, 4.69) is 0 Å². The van der Waals surface area contributed by atoms with Crippen LogP contribution in [0.15, 0.2) is 48.6 Å². The molecule has 0 saturated carbocycles. The van der Waals surface area contributed by atoms with Gasteiger partial charge in [0.25, 0.3) is 0 Å². The predicted octanol–water partition coefficient (Wildman–Crippen LogP) is 2.99. The van der Waals surface area contributed by atoms with E-state index in [-0.39, 0.29) is 56.8 Å². The van der Waals surface area contributed by atoms with Crippen LogP contribution in [0.3, 0.4) is 0 Å².